The van der Waals surface area contributed by atoms with Crippen LogP contribution in [0.15, 0.2) is 10.9 Å². The van der Waals surface area contributed by atoms with E-state index in [0.717, 1.165) is 11.3 Å². The fraction of sp³-hybridized carbons (Fsp3) is 0.615. The molecule has 0 aliphatic rings. The SMILES string of the molecule is COCCn1c(C)cc(C)c(C(C)(C)N)c1=O. The van der Waals surface area contributed by atoms with E-state index in [1.165, 1.54) is 0 Å². The van der Waals surface area contributed by atoms with Crippen molar-refractivity contribution in [3.8, 4) is 0 Å². The number of ether oxygens (including phenoxy) is 1. The Hall–Kier alpha value is -1.13. The molecule has 0 radical (unpaired) electrons. The van der Waals surface area contributed by atoms with Crippen LogP contribution in [0.1, 0.15) is 30.7 Å². The lowest BCUT2D eigenvalue weighted by Crippen LogP contribution is -2.40. The third kappa shape index (κ3) is 2.96. The summed E-state index contributed by atoms with van der Waals surface area (Å²) in [6.45, 7) is 8.65. The van der Waals surface area contributed by atoms with E-state index in [-0.39, 0.29) is 5.56 Å². The molecule has 0 aliphatic carbocycles. The molecule has 0 saturated heterocycles. The molecule has 0 saturated carbocycles. The molecule has 17 heavy (non-hydrogen) atoms. The van der Waals surface area contributed by atoms with Crippen LogP contribution in [0, 0.1) is 13.8 Å². The normalized spacial score (nSPS) is 11.9. The van der Waals surface area contributed by atoms with Gasteiger partial charge in [0.25, 0.3) is 5.56 Å². The molecule has 0 aliphatic heterocycles. The maximum atomic E-state index is 12.4. The monoisotopic (exact) mass is 238 g/mol. The van der Waals surface area contributed by atoms with Crippen molar-refractivity contribution in [1.29, 1.82) is 0 Å². The molecule has 0 bridgehead atoms. The van der Waals surface area contributed by atoms with Gasteiger partial charge in [0.15, 0.2) is 0 Å². The summed E-state index contributed by atoms with van der Waals surface area (Å²) in [5.41, 5.74) is 8.01. The molecule has 4 heteroatoms. The van der Waals surface area contributed by atoms with Crippen molar-refractivity contribution >= 4 is 0 Å². The summed E-state index contributed by atoms with van der Waals surface area (Å²) in [7, 11) is 1.63. The number of hydrogen-bond acceptors (Lipinski definition) is 3. The number of rotatable bonds is 4. The average Bonchev–Trinajstić information content (AvgIpc) is 2.14. The second-order valence-electron chi connectivity index (χ2n) is 5.02. The molecule has 0 fully saturated rings. The van der Waals surface area contributed by atoms with Crippen molar-refractivity contribution in [2.24, 2.45) is 5.73 Å². The van der Waals surface area contributed by atoms with E-state index in [4.69, 9.17) is 10.5 Å². The molecule has 2 N–H and O–H groups in total. The predicted octanol–water partition coefficient (Wildman–Crippen LogP) is 1.31. The molecule has 96 valence electrons. The van der Waals surface area contributed by atoms with Crippen molar-refractivity contribution in [2.75, 3.05) is 13.7 Å². The van der Waals surface area contributed by atoms with Crippen LogP contribution in [0.2, 0.25) is 0 Å². The lowest BCUT2D eigenvalue weighted by Gasteiger charge is -2.23. The van der Waals surface area contributed by atoms with Crippen molar-refractivity contribution in [1.82, 2.24) is 4.57 Å². The highest BCUT2D eigenvalue weighted by Crippen LogP contribution is 2.18. The Bertz CT molecular complexity index is 456. The van der Waals surface area contributed by atoms with Crippen LogP contribution in [-0.2, 0) is 16.8 Å². The topological polar surface area (TPSA) is 57.2 Å². The largest absolute Gasteiger partial charge is 0.383 e. The maximum absolute atomic E-state index is 12.4. The molecule has 1 rings (SSSR count). The van der Waals surface area contributed by atoms with Gasteiger partial charge in [-0.15, -0.1) is 0 Å². The Morgan fingerprint density at radius 1 is 1.41 bits per heavy atom. The zero-order valence-electron chi connectivity index (χ0n) is 11.3. The molecule has 0 aromatic carbocycles. The fourth-order valence-corrected chi connectivity index (χ4v) is 2.17. The number of hydrogen-bond donors (Lipinski definition) is 1. The minimum absolute atomic E-state index is 0.00736. The van der Waals surface area contributed by atoms with Crippen molar-refractivity contribution in [2.45, 2.75) is 39.8 Å². The van der Waals surface area contributed by atoms with Gasteiger partial charge < -0.3 is 15.0 Å². The highest BCUT2D eigenvalue weighted by Gasteiger charge is 2.22. The van der Waals surface area contributed by atoms with Gasteiger partial charge in [0.05, 0.1) is 6.61 Å². The molecule has 1 heterocycles. The first kappa shape index (κ1) is 13.9. The molecule has 4 nitrogen and oxygen atoms in total. The van der Waals surface area contributed by atoms with E-state index < -0.39 is 5.54 Å². The number of aryl methyl sites for hydroxylation is 2. The molecule has 1 aromatic rings. The fourth-order valence-electron chi connectivity index (χ4n) is 2.17. The molecule has 0 spiro atoms. The minimum Gasteiger partial charge on any atom is -0.383 e. The minimum atomic E-state index is -0.621. The number of nitrogens with two attached hydrogens (primary N) is 1. The van der Waals surface area contributed by atoms with Gasteiger partial charge in [0.1, 0.15) is 0 Å². The Morgan fingerprint density at radius 3 is 2.47 bits per heavy atom. The summed E-state index contributed by atoms with van der Waals surface area (Å²) in [5.74, 6) is 0. The van der Waals surface area contributed by atoms with Gasteiger partial charge in [-0.2, -0.15) is 0 Å². The van der Waals surface area contributed by atoms with Gasteiger partial charge in [0, 0.05) is 30.5 Å². The van der Waals surface area contributed by atoms with Gasteiger partial charge in [0.2, 0.25) is 0 Å². The first-order valence-electron chi connectivity index (χ1n) is 5.78. The Labute approximate surface area is 102 Å². The molecule has 1 aromatic heterocycles. The van der Waals surface area contributed by atoms with E-state index in [9.17, 15) is 4.79 Å². The van der Waals surface area contributed by atoms with Crippen LogP contribution in [0.4, 0.5) is 0 Å². The zero-order chi connectivity index (χ0) is 13.2. The second kappa shape index (κ2) is 5.02. The van der Waals surface area contributed by atoms with Gasteiger partial charge in [-0.05, 0) is 39.3 Å². The Kier molecular flexibility index (Phi) is 4.11. The van der Waals surface area contributed by atoms with E-state index in [0.29, 0.717) is 18.7 Å². The lowest BCUT2D eigenvalue weighted by atomic mass is 9.92. The van der Waals surface area contributed by atoms with Crippen molar-refractivity contribution < 1.29 is 4.74 Å². The van der Waals surface area contributed by atoms with Gasteiger partial charge in [-0.1, -0.05) is 0 Å². The van der Waals surface area contributed by atoms with Crippen LogP contribution < -0.4 is 11.3 Å². The van der Waals surface area contributed by atoms with Gasteiger partial charge >= 0.3 is 0 Å². The number of pyridine rings is 1. The molecular weight excluding hydrogens is 216 g/mol. The van der Waals surface area contributed by atoms with E-state index in [2.05, 4.69) is 0 Å². The number of aromatic nitrogens is 1. The summed E-state index contributed by atoms with van der Waals surface area (Å²) in [5, 5.41) is 0. The summed E-state index contributed by atoms with van der Waals surface area (Å²) >= 11 is 0. The summed E-state index contributed by atoms with van der Waals surface area (Å²) in [6, 6.07) is 2.00. The third-order valence-corrected chi connectivity index (χ3v) is 2.87. The molecule has 0 atom stereocenters. The molecule has 0 amide bonds. The summed E-state index contributed by atoms with van der Waals surface area (Å²) in [4.78, 5) is 12.4. The number of nitrogens with zero attached hydrogens (tertiary/aromatic N) is 1. The first-order chi connectivity index (χ1) is 7.79. The van der Waals surface area contributed by atoms with Crippen LogP contribution in [-0.4, -0.2) is 18.3 Å². The highest BCUT2D eigenvalue weighted by molar-refractivity contribution is 5.31. The predicted molar refractivity (Wildman–Crippen MR) is 69.3 cm³/mol. The third-order valence-electron chi connectivity index (χ3n) is 2.87. The second-order valence-corrected chi connectivity index (χ2v) is 5.02. The lowest BCUT2D eigenvalue weighted by molar-refractivity contribution is 0.185. The average molecular weight is 238 g/mol. The maximum Gasteiger partial charge on any atom is 0.256 e. The van der Waals surface area contributed by atoms with Crippen LogP contribution >= 0.6 is 0 Å². The van der Waals surface area contributed by atoms with Crippen LogP contribution in [0.25, 0.3) is 0 Å². The number of methoxy groups -OCH3 is 1. The highest BCUT2D eigenvalue weighted by atomic mass is 16.5. The van der Waals surface area contributed by atoms with Crippen LogP contribution in [0.3, 0.4) is 0 Å². The van der Waals surface area contributed by atoms with E-state index >= 15 is 0 Å². The smallest absolute Gasteiger partial charge is 0.256 e. The Morgan fingerprint density at radius 2 is 2.00 bits per heavy atom. The van der Waals surface area contributed by atoms with Crippen molar-refractivity contribution in [3.05, 3.63) is 33.2 Å². The first-order valence-corrected chi connectivity index (χ1v) is 5.78. The van der Waals surface area contributed by atoms with E-state index in [1.54, 1.807) is 11.7 Å². The summed E-state index contributed by atoms with van der Waals surface area (Å²) in [6.07, 6.45) is 0. The zero-order valence-corrected chi connectivity index (χ0v) is 11.3. The molecular formula is C13H22N2O2. The molecule has 0 unspecified atom stereocenters. The van der Waals surface area contributed by atoms with Crippen molar-refractivity contribution in [3.63, 3.8) is 0 Å². The van der Waals surface area contributed by atoms with Gasteiger partial charge in [-0.25, -0.2) is 0 Å². The van der Waals surface area contributed by atoms with Crippen LogP contribution in [0.5, 0.6) is 0 Å². The standard InChI is InChI=1S/C13H22N2O2/c1-9-8-10(2)15(6-7-17-5)12(16)11(9)13(3,4)14/h8H,6-7,14H2,1-5H3. The van der Waals surface area contributed by atoms with E-state index in [1.807, 2.05) is 33.8 Å². The quantitative estimate of drug-likeness (QED) is 0.860. The Balaban J connectivity index is 3.39. The van der Waals surface area contributed by atoms with Gasteiger partial charge in [-0.3, -0.25) is 4.79 Å². The summed E-state index contributed by atoms with van der Waals surface area (Å²) < 4.78 is 6.74.